The van der Waals surface area contributed by atoms with Crippen molar-refractivity contribution in [1.29, 1.82) is 0 Å². The van der Waals surface area contributed by atoms with E-state index in [1.807, 2.05) is 42.5 Å². The zero-order chi connectivity index (χ0) is 23.0. The molecule has 0 aliphatic carbocycles. The zero-order valence-corrected chi connectivity index (χ0v) is 19.9. The average Bonchev–Trinajstić information content (AvgIpc) is 3.29. The first-order chi connectivity index (χ1) is 16.1. The number of benzene rings is 3. The lowest BCUT2D eigenvalue weighted by molar-refractivity contribution is 0.284. The second-order valence-electron chi connectivity index (χ2n) is 7.27. The quantitative estimate of drug-likeness (QED) is 0.218. The topological polar surface area (TPSA) is 61.5 Å². The highest BCUT2D eigenvalue weighted by Crippen LogP contribution is 2.31. The lowest BCUT2D eigenvalue weighted by Gasteiger charge is -2.13. The van der Waals surface area contributed by atoms with Crippen molar-refractivity contribution in [3.05, 3.63) is 100 Å². The number of hydrogen-bond acceptors (Lipinski definition) is 6. The van der Waals surface area contributed by atoms with Crippen molar-refractivity contribution < 1.29 is 9.47 Å². The highest BCUT2D eigenvalue weighted by atomic mass is 35.5. The van der Waals surface area contributed by atoms with Gasteiger partial charge in [-0.25, -0.2) is 0 Å². The number of rotatable bonds is 9. The predicted octanol–water partition coefficient (Wildman–Crippen LogP) is 6.00. The van der Waals surface area contributed by atoms with Gasteiger partial charge >= 0.3 is 0 Å². The van der Waals surface area contributed by atoms with E-state index < -0.39 is 0 Å². The molecule has 6 nitrogen and oxygen atoms in total. The van der Waals surface area contributed by atoms with Crippen LogP contribution in [0.15, 0.2) is 83.3 Å². The first-order valence-electron chi connectivity index (χ1n) is 10.3. The van der Waals surface area contributed by atoms with Crippen molar-refractivity contribution in [3.8, 4) is 11.5 Å². The molecule has 4 aromatic rings. The van der Waals surface area contributed by atoms with Crippen molar-refractivity contribution >= 4 is 29.6 Å². The second kappa shape index (κ2) is 11.0. The lowest BCUT2D eigenvalue weighted by Crippen LogP contribution is -2.01. The van der Waals surface area contributed by atoms with E-state index in [1.165, 1.54) is 11.1 Å². The van der Waals surface area contributed by atoms with Gasteiger partial charge in [0.2, 0.25) is 5.16 Å². The van der Waals surface area contributed by atoms with Crippen LogP contribution in [0.2, 0.25) is 5.02 Å². The molecular weight excluding hydrogens is 456 g/mol. The molecule has 168 valence electrons. The fraction of sp³-hybridized carbons (Fsp3) is 0.160. The van der Waals surface area contributed by atoms with E-state index in [9.17, 15) is 0 Å². The summed E-state index contributed by atoms with van der Waals surface area (Å²) in [6.45, 7) is 2.46. The molecule has 0 aliphatic heterocycles. The molecule has 0 radical (unpaired) electrons. The van der Waals surface area contributed by atoms with Gasteiger partial charge < -0.3 is 9.47 Å². The number of para-hydroxylation sites is 1. The van der Waals surface area contributed by atoms with Crippen molar-refractivity contribution in [2.45, 2.75) is 24.4 Å². The third kappa shape index (κ3) is 6.15. The molecule has 0 aliphatic rings. The van der Waals surface area contributed by atoms with Gasteiger partial charge in [-0.05, 0) is 42.3 Å². The van der Waals surface area contributed by atoms with Crippen LogP contribution in [0.3, 0.4) is 0 Å². The minimum atomic E-state index is 0.378. The minimum absolute atomic E-state index is 0.378. The Bertz CT molecular complexity index is 1220. The number of aromatic nitrogens is 3. The Morgan fingerprint density at radius 3 is 2.55 bits per heavy atom. The maximum atomic E-state index is 6.10. The summed E-state index contributed by atoms with van der Waals surface area (Å²) in [7, 11) is 1.62. The smallest absolute Gasteiger partial charge is 0.212 e. The van der Waals surface area contributed by atoms with Crippen molar-refractivity contribution in [2.75, 3.05) is 7.11 Å². The van der Waals surface area contributed by atoms with E-state index in [2.05, 4.69) is 46.5 Å². The van der Waals surface area contributed by atoms with Gasteiger partial charge in [-0.3, -0.25) is 0 Å². The molecule has 0 saturated heterocycles. The third-order valence-corrected chi connectivity index (χ3v) is 6.09. The SMILES string of the molecule is COc1cccc(/C=N/n2cnnc2SCc2ccc(C)cc2)c1OCc1ccc(Cl)cc1. The van der Waals surface area contributed by atoms with Crippen molar-refractivity contribution in [2.24, 2.45) is 5.10 Å². The summed E-state index contributed by atoms with van der Waals surface area (Å²) < 4.78 is 13.3. The molecule has 0 atom stereocenters. The number of aryl methyl sites for hydroxylation is 1. The molecule has 0 saturated carbocycles. The van der Waals surface area contributed by atoms with Crippen LogP contribution < -0.4 is 9.47 Å². The van der Waals surface area contributed by atoms with E-state index in [4.69, 9.17) is 21.1 Å². The summed E-state index contributed by atoms with van der Waals surface area (Å²) in [6.07, 6.45) is 3.31. The van der Waals surface area contributed by atoms with Crippen molar-refractivity contribution in [3.63, 3.8) is 0 Å². The largest absolute Gasteiger partial charge is 0.493 e. The maximum Gasteiger partial charge on any atom is 0.212 e. The predicted molar refractivity (Wildman–Crippen MR) is 133 cm³/mol. The molecule has 0 spiro atoms. The maximum absolute atomic E-state index is 6.10. The number of halogens is 1. The fourth-order valence-electron chi connectivity index (χ4n) is 3.04. The summed E-state index contributed by atoms with van der Waals surface area (Å²) >= 11 is 7.55. The summed E-state index contributed by atoms with van der Waals surface area (Å²) in [5.74, 6) is 2.02. The highest BCUT2D eigenvalue weighted by Gasteiger charge is 2.11. The molecular formula is C25H23ClN4O2S. The Morgan fingerprint density at radius 1 is 1.03 bits per heavy atom. The Hall–Kier alpha value is -3.29. The number of nitrogens with zero attached hydrogens (tertiary/aromatic N) is 4. The standard InChI is InChI=1S/C25H23ClN4O2S/c1-18-6-8-20(9-7-18)16-33-25-29-27-17-30(25)28-14-21-4-3-5-23(31-2)24(21)32-15-19-10-12-22(26)13-11-19/h3-14,17H,15-16H2,1-2H3/b28-14+. The Morgan fingerprint density at radius 2 is 1.79 bits per heavy atom. The number of ether oxygens (including phenoxy) is 2. The van der Waals surface area contributed by atoms with Crippen LogP contribution in [0.4, 0.5) is 0 Å². The first kappa shape index (κ1) is 22.9. The normalized spacial score (nSPS) is 11.1. The average molecular weight is 479 g/mol. The molecule has 1 heterocycles. The molecule has 1 aromatic heterocycles. The summed E-state index contributed by atoms with van der Waals surface area (Å²) in [4.78, 5) is 0. The van der Waals surface area contributed by atoms with Crippen LogP contribution in [-0.2, 0) is 12.4 Å². The molecule has 4 rings (SSSR count). The first-order valence-corrected chi connectivity index (χ1v) is 11.7. The van der Waals surface area contributed by atoms with E-state index in [0.29, 0.717) is 28.3 Å². The summed E-state index contributed by atoms with van der Waals surface area (Å²) in [5.41, 5.74) is 4.24. The third-order valence-electron chi connectivity index (χ3n) is 4.84. The van der Waals surface area contributed by atoms with Crippen LogP contribution >= 0.6 is 23.4 Å². The van der Waals surface area contributed by atoms with Gasteiger partial charge in [0.25, 0.3) is 0 Å². The van der Waals surface area contributed by atoms with Crippen LogP contribution in [-0.4, -0.2) is 28.2 Å². The van der Waals surface area contributed by atoms with Gasteiger partial charge in [0.1, 0.15) is 12.9 Å². The molecule has 0 bridgehead atoms. The van der Waals surface area contributed by atoms with Crippen molar-refractivity contribution in [1.82, 2.24) is 14.9 Å². The van der Waals surface area contributed by atoms with E-state index in [0.717, 1.165) is 16.9 Å². The fourth-order valence-corrected chi connectivity index (χ4v) is 3.98. The Balaban J connectivity index is 1.49. The van der Waals surface area contributed by atoms with E-state index in [1.54, 1.807) is 36.1 Å². The number of methoxy groups -OCH3 is 1. The molecule has 3 aromatic carbocycles. The zero-order valence-electron chi connectivity index (χ0n) is 18.3. The molecule has 0 unspecified atom stereocenters. The van der Waals surface area contributed by atoms with Gasteiger partial charge in [0, 0.05) is 16.3 Å². The van der Waals surface area contributed by atoms with E-state index >= 15 is 0 Å². The molecule has 33 heavy (non-hydrogen) atoms. The van der Waals surface area contributed by atoms with Crippen LogP contribution in [0, 0.1) is 6.92 Å². The van der Waals surface area contributed by atoms with Gasteiger partial charge in [-0.2, -0.15) is 9.78 Å². The number of thioether (sulfide) groups is 1. The Kier molecular flexibility index (Phi) is 7.65. The molecule has 0 N–H and O–H groups in total. The van der Waals surface area contributed by atoms with Crippen LogP contribution in [0.5, 0.6) is 11.5 Å². The second-order valence-corrected chi connectivity index (χ2v) is 8.65. The minimum Gasteiger partial charge on any atom is -0.493 e. The van der Waals surface area contributed by atoms with Crippen LogP contribution in [0.1, 0.15) is 22.3 Å². The highest BCUT2D eigenvalue weighted by molar-refractivity contribution is 7.98. The van der Waals surface area contributed by atoms with Gasteiger partial charge in [0.15, 0.2) is 11.5 Å². The Labute approximate surface area is 202 Å². The molecule has 0 fully saturated rings. The monoisotopic (exact) mass is 478 g/mol. The van der Waals surface area contributed by atoms with Gasteiger partial charge in [-0.15, -0.1) is 10.2 Å². The molecule has 0 amide bonds. The van der Waals surface area contributed by atoms with E-state index in [-0.39, 0.29) is 0 Å². The summed E-state index contributed by atoms with van der Waals surface area (Å²) in [5, 5.41) is 14.2. The lowest BCUT2D eigenvalue weighted by atomic mass is 10.2. The van der Waals surface area contributed by atoms with Gasteiger partial charge in [0.05, 0.1) is 13.3 Å². The number of hydrogen-bond donors (Lipinski definition) is 0. The molecule has 8 heteroatoms. The summed E-state index contributed by atoms with van der Waals surface area (Å²) in [6, 6.07) is 21.7. The van der Waals surface area contributed by atoms with Crippen LogP contribution in [0.25, 0.3) is 0 Å². The van der Waals surface area contributed by atoms with Gasteiger partial charge in [-0.1, -0.05) is 71.4 Å².